The van der Waals surface area contributed by atoms with Gasteiger partial charge in [0.25, 0.3) is 5.91 Å². The number of aromatic nitrogens is 4. The molecule has 1 aliphatic rings. The first-order chi connectivity index (χ1) is 15.5. The fraction of sp³-hybridized carbons (Fsp3) is 0.318. The van der Waals surface area contributed by atoms with Crippen LogP contribution in [0.15, 0.2) is 49.2 Å². The maximum absolute atomic E-state index is 13.8. The van der Waals surface area contributed by atoms with Gasteiger partial charge in [-0.05, 0) is 12.1 Å². The highest BCUT2D eigenvalue weighted by molar-refractivity contribution is 5.78. The Hall–Kier alpha value is -3.66. The summed E-state index contributed by atoms with van der Waals surface area (Å²) >= 11 is 0. The van der Waals surface area contributed by atoms with Crippen LogP contribution in [-0.2, 0) is 9.53 Å². The number of hydrogen-bond acceptors (Lipinski definition) is 8. The number of nitrogens with zero attached hydrogens (tertiary/aromatic N) is 6. The van der Waals surface area contributed by atoms with Crippen LogP contribution in [0, 0.1) is 5.82 Å². The normalized spacial score (nSPS) is 16.0. The predicted octanol–water partition coefficient (Wildman–Crippen LogP) is 2.12. The molecule has 10 heteroatoms. The van der Waals surface area contributed by atoms with E-state index in [4.69, 9.17) is 9.47 Å². The summed E-state index contributed by atoms with van der Waals surface area (Å²) in [5.41, 5.74) is 2.13. The van der Waals surface area contributed by atoms with Crippen molar-refractivity contribution >= 4 is 11.9 Å². The minimum atomic E-state index is -0.507. The third-order valence-electron chi connectivity index (χ3n) is 4.99. The van der Waals surface area contributed by atoms with E-state index in [1.54, 1.807) is 40.5 Å². The number of morpholine rings is 1. The third kappa shape index (κ3) is 4.80. The van der Waals surface area contributed by atoms with Crippen LogP contribution in [0.3, 0.4) is 0 Å². The lowest BCUT2D eigenvalue weighted by atomic mass is 10.0. The van der Waals surface area contributed by atoms with Crippen LogP contribution in [-0.4, -0.2) is 71.1 Å². The Labute approximate surface area is 184 Å². The van der Waals surface area contributed by atoms with Crippen LogP contribution < -0.4 is 9.64 Å². The Morgan fingerprint density at radius 2 is 2.03 bits per heavy atom. The first kappa shape index (κ1) is 21.6. The molecular formula is C22H23FN6O3. The van der Waals surface area contributed by atoms with Gasteiger partial charge in [-0.1, -0.05) is 12.1 Å². The van der Waals surface area contributed by atoms with Gasteiger partial charge < -0.3 is 19.3 Å². The number of carbonyl (C=O) groups is 1. The van der Waals surface area contributed by atoms with E-state index in [2.05, 4.69) is 19.9 Å². The molecule has 0 bridgehead atoms. The molecule has 1 aromatic carbocycles. The SMILES string of the molecule is CN(C)c1ncc(-c2cncnc2)c([C@H]2CN(C(=O)COc3ccccc3F)CCO2)n1. The molecule has 9 nitrogen and oxygen atoms in total. The van der Waals surface area contributed by atoms with Gasteiger partial charge in [-0.3, -0.25) is 4.79 Å². The Morgan fingerprint density at radius 1 is 1.25 bits per heavy atom. The Kier molecular flexibility index (Phi) is 6.50. The lowest BCUT2D eigenvalue weighted by molar-refractivity contribution is -0.141. The number of halogens is 1. The minimum Gasteiger partial charge on any atom is -0.481 e. The van der Waals surface area contributed by atoms with Crippen LogP contribution in [0.1, 0.15) is 11.8 Å². The van der Waals surface area contributed by atoms with Gasteiger partial charge in [-0.25, -0.2) is 24.3 Å². The summed E-state index contributed by atoms with van der Waals surface area (Å²) in [6.07, 6.45) is 6.04. The number of rotatable bonds is 6. The number of para-hydroxylation sites is 1. The summed E-state index contributed by atoms with van der Waals surface area (Å²) in [7, 11) is 3.70. The fourth-order valence-corrected chi connectivity index (χ4v) is 3.34. The van der Waals surface area contributed by atoms with Gasteiger partial charge in [0, 0.05) is 50.4 Å². The molecule has 0 aliphatic carbocycles. The predicted molar refractivity (Wildman–Crippen MR) is 115 cm³/mol. The molecule has 32 heavy (non-hydrogen) atoms. The maximum Gasteiger partial charge on any atom is 0.260 e. The van der Waals surface area contributed by atoms with Crippen molar-refractivity contribution in [3.63, 3.8) is 0 Å². The van der Waals surface area contributed by atoms with E-state index in [1.165, 1.54) is 18.5 Å². The van der Waals surface area contributed by atoms with Crippen LogP contribution in [0.25, 0.3) is 11.1 Å². The standard InChI is InChI=1S/C22H23FN6O3/c1-28(2)22-26-11-16(15-9-24-14-25-10-15)21(27-22)19-12-29(7-8-31-19)20(30)13-32-18-6-4-3-5-17(18)23/h3-6,9-11,14,19H,7-8,12-13H2,1-2H3/t19-/m1/s1. The van der Waals surface area contributed by atoms with Crippen molar-refractivity contribution in [3.05, 3.63) is 60.7 Å². The zero-order chi connectivity index (χ0) is 22.5. The van der Waals surface area contributed by atoms with Gasteiger partial charge in [0.1, 0.15) is 12.4 Å². The molecule has 1 atom stereocenters. The first-order valence-corrected chi connectivity index (χ1v) is 10.1. The Morgan fingerprint density at radius 3 is 2.78 bits per heavy atom. The van der Waals surface area contributed by atoms with Crippen molar-refractivity contribution in [2.75, 3.05) is 45.3 Å². The molecule has 1 saturated heterocycles. The Balaban J connectivity index is 1.54. The minimum absolute atomic E-state index is 0.0449. The molecule has 4 rings (SSSR count). The average Bonchev–Trinajstić information content (AvgIpc) is 2.83. The number of carbonyl (C=O) groups excluding carboxylic acids is 1. The second-order valence-corrected chi connectivity index (χ2v) is 7.41. The van der Waals surface area contributed by atoms with Gasteiger partial charge in [0.15, 0.2) is 18.2 Å². The molecule has 3 aromatic rings. The van der Waals surface area contributed by atoms with Gasteiger partial charge in [0.05, 0.1) is 18.8 Å². The fourth-order valence-electron chi connectivity index (χ4n) is 3.34. The highest BCUT2D eigenvalue weighted by Crippen LogP contribution is 2.31. The first-order valence-electron chi connectivity index (χ1n) is 10.1. The van der Waals surface area contributed by atoms with Crippen molar-refractivity contribution in [1.82, 2.24) is 24.8 Å². The van der Waals surface area contributed by atoms with Crippen molar-refractivity contribution in [2.24, 2.45) is 0 Å². The summed E-state index contributed by atoms with van der Waals surface area (Å²) in [5.74, 6) is -0.195. The van der Waals surface area contributed by atoms with Crippen LogP contribution in [0.2, 0.25) is 0 Å². The van der Waals surface area contributed by atoms with Crippen molar-refractivity contribution < 1.29 is 18.7 Å². The maximum atomic E-state index is 13.8. The molecule has 0 unspecified atom stereocenters. The third-order valence-corrected chi connectivity index (χ3v) is 4.99. The number of benzene rings is 1. The van der Waals surface area contributed by atoms with E-state index in [0.717, 1.165) is 11.1 Å². The molecular weight excluding hydrogens is 415 g/mol. The van der Waals surface area contributed by atoms with E-state index in [-0.39, 0.29) is 24.8 Å². The zero-order valence-corrected chi connectivity index (χ0v) is 17.8. The van der Waals surface area contributed by atoms with Crippen LogP contribution >= 0.6 is 0 Å². The molecule has 3 heterocycles. The second kappa shape index (κ2) is 9.65. The average molecular weight is 438 g/mol. The molecule has 1 aliphatic heterocycles. The van der Waals surface area contributed by atoms with Gasteiger partial charge in [-0.15, -0.1) is 0 Å². The van der Waals surface area contributed by atoms with E-state index >= 15 is 0 Å². The molecule has 0 N–H and O–H groups in total. The van der Waals surface area contributed by atoms with E-state index in [1.807, 2.05) is 14.1 Å². The number of amides is 1. The molecule has 166 valence electrons. The lowest BCUT2D eigenvalue weighted by Crippen LogP contribution is -2.44. The summed E-state index contributed by atoms with van der Waals surface area (Å²) < 4.78 is 25.1. The zero-order valence-electron chi connectivity index (χ0n) is 17.8. The van der Waals surface area contributed by atoms with Crippen molar-refractivity contribution in [2.45, 2.75) is 6.10 Å². The summed E-state index contributed by atoms with van der Waals surface area (Å²) in [4.78, 5) is 33.4. The van der Waals surface area contributed by atoms with Gasteiger partial charge >= 0.3 is 0 Å². The van der Waals surface area contributed by atoms with Crippen LogP contribution in [0.4, 0.5) is 10.3 Å². The number of hydrogen-bond donors (Lipinski definition) is 0. The number of ether oxygens (including phenoxy) is 2. The Bertz CT molecular complexity index is 1080. The second-order valence-electron chi connectivity index (χ2n) is 7.41. The van der Waals surface area contributed by atoms with Gasteiger partial charge in [0.2, 0.25) is 5.95 Å². The molecule has 1 fully saturated rings. The monoisotopic (exact) mass is 438 g/mol. The molecule has 1 amide bonds. The van der Waals surface area contributed by atoms with Crippen molar-refractivity contribution in [3.8, 4) is 16.9 Å². The van der Waals surface area contributed by atoms with Crippen LogP contribution in [0.5, 0.6) is 5.75 Å². The van der Waals surface area contributed by atoms with E-state index in [9.17, 15) is 9.18 Å². The highest BCUT2D eigenvalue weighted by atomic mass is 19.1. The molecule has 0 spiro atoms. The number of anilines is 1. The van der Waals surface area contributed by atoms with E-state index in [0.29, 0.717) is 24.8 Å². The quantitative estimate of drug-likeness (QED) is 0.578. The largest absolute Gasteiger partial charge is 0.481 e. The summed E-state index contributed by atoms with van der Waals surface area (Å²) in [6, 6.07) is 6.00. The molecule has 0 saturated carbocycles. The highest BCUT2D eigenvalue weighted by Gasteiger charge is 2.29. The smallest absolute Gasteiger partial charge is 0.260 e. The summed E-state index contributed by atoms with van der Waals surface area (Å²) in [5, 5.41) is 0. The van der Waals surface area contributed by atoms with Gasteiger partial charge in [-0.2, -0.15) is 0 Å². The topological polar surface area (TPSA) is 93.6 Å². The van der Waals surface area contributed by atoms with E-state index < -0.39 is 11.9 Å². The summed E-state index contributed by atoms with van der Waals surface area (Å²) in [6.45, 7) is 0.761. The van der Waals surface area contributed by atoms with Crippen molar-refractivity contribution in [1.29, 1.82) is 0 Å². The lowest BCUT2D eigenvalue weighted by Gasteiger charge is -2.33. The molecule has 2 aromatic heterocycles. The molecule has 0 radical (unpaired) electrons.